The first-order valence-electron chi connectivity index (χ1n) is 9.05. The van der Waals surface area contributed by atoms with Crippen LogP contribution in [0.2, 0.25) is 0 Å². The normalized spacial score (nSPS) is 21.4. The van der Waals surface area contributed by atoms with Crippen LogP contribution in [-0.2, 0) is 23.2 Å². The topological polar surface area (TPSA) is 87.3 Å². The number of imide groups is 1. The third-order valence-electron chi connectivity index (χ3n) is 5.41. The minimum Gasteiger partial charge on any atom is -0.320 e. The van der Waals surface area contributed by atoms with Gasteiger partial charge in [0.25, 0.3) is 11.8 Å². The van der Waals surface area contributed by atoms with Gasteiger partial charge < -0.3 is 10.6 Å². The van der Waals surface area contributed by atoms with Crippen molar-refractivity contribution in [3.05, 3.63) is 51.4 Å². The first-order valence-corrected chi connectivity index (χ1v) is 9.87. The molecule has 27 heavy (non-hydrogen) atoms. The van der Waals surface area contributed by atoms with Crippen LogP contribution in [-0.4, -0.2) is 17.8 Å². The van der Waals surface area contributed by atoms with E-state index in [0.29, 0.717) is 11.1 Å². The number of carbonyl (C=O) groups excluding carboxylic acids is 3. The maximum Gasteiger partial charge on any atom is 0.322 e. The zero-order valence-electron chi connectivity index (χ0n) is 15.3. The second-order valence-electron chi connectivity index (χ2n) is 7.23. The van der Waals surface area contributed by atoms with Gasteiger partial charge in [0.15, 0.2) is 0 Å². The van der Waals surface area contributed by atoms with E-state index in [2.05, 4.69) is 22.9 Å². The van der Waals surface area contributed by atoms with E-state index in [1.54, 1.807) is 42.5 Å². The van der Waals surface area contributed by atoms with E-state index in [-0.39, 0.29) is 5.91 Å². The van der Waals surface area contributed by atoms with Gasteiger partial charge in [0.05, 0.1) is 5.00 Å². The molecule has 4 rings (SSSR count). The number of fused-ring (bicyclic) bond motifs is 1. The molecule has 1 aliphatic carbocycles. The van der Waals surface area contributed by atoms with Gasteiger partial charge in [-0.05, 0) is 68.4 Å². The summed E-state index contributed by atoms with van der Waals surface area (Å²) in [5.74, 6) is -0.640. The van der Waals surface area contributed by atoms with Gasteiger partial charge in [0.2, 0.25) is 0 Å². The lowest BCUT2D eigenvalue weighted by atomic mass is 9.91. The summed E-state index contributed by atoms with van der Waals surface area (Å²) in [4.78, 5) is 37.8. The highest BCUT2D eigenvalue weighted by molar-refractivity contribution is 7.16. The van der Waals surface area contributed by atoms with Crippen LogP contribution in [0.5, 0.6) is 0 Å². The molecule has 1 aromatic heterocycles. The van der Waals surface area contributed by atoms with Gasteiger partial charge >= 0.3 is 6.03 Å². The molecule has 0 radical (unpaired) electrons. The average Bonchev–Trinajstić information content (AvgIpc) is 3.11. The fraction of sp³-hybridized carbons (Fsp3) is 0.350. The Morgan fingerprint density at radius 1 is 1.22 bits per heavy atom. The lowest BCUT2D eigenvalue weighted by Gasteiger charge is -2.21. The molecule has 1 saturated heterocycles. The van der Waals surface area contributed by atoms with E-state index in [1.165, 1.54) is 23.3 Å². The Balaban J connectivity index is 1.59. The first kappa shape index (κ1) is 17.7. The maximum absolute atomic E-state index is 12.8. The molecule has 4 amide bonds. The van der Waals surface area contributed by atoms with E-state index in [1.807, 2.05) is 0 Å². The number of urea groups is 1. The second kappa shape index (κ2) is 6.49. The van der Waals surface area contributed by atoms with Crippen LogP contribution in [0.15, 0.2) is 24.3 Å². The van der Waals surface area contributed by atoms with Gasteiger partial charge in [-0.2, -0.15) is 0 Å². The minimum atomic E-state index is -1.18. The van der Waals surface area contributed by atoms with Crippen LogP contribution in [0.1, 0.15) is 51.7 Å². The van der Waals surface area contributed by atoms with Crippen molar-refractivity contribution in [1.29, 1.82) is 0 Å². The third kappa shape index (κ3) is 3.02. The molecule has 1 aromatic carbocycles. The van der Waals surface area contributed by atoms with E-state index < -0.39 is 17.5 Å². The molecule has 1 aliphatic heterocycles. The summed E-state index contributed by atoms with van der Waals surface area (Å²) in [5.41, 5.74) is 2.39. The quantitative estimate of drug-likeness (QED) is 0.711. The summed E-state index contributed by atoms with van der Waals surface area (Å²) in [6.07, 6.45) is 4.57. The van der Waals surface area contributed by atoms with Crippen molar-refractivity contribution in [3.8, 4) is 0 Å². The fourth-order valence-electron chi connectivity index (χ4n) is 3.74. The van der Waals surface area contributed by atoms with Crippen molar-refractivity contribution in [2.75, 3.05) is 5.32 Å². The number of nitrogens with one attached hydrogen (secondary N) is 3. The maximum atomic E-state index is 12.8. The number of anilines is 1. The molecule has 2 heterocycles. The molecule has 1 atom stereocenters. The number of rotatable bonds is 3. The van der Waals surface area contributed by atoms with Crippen molar-refractivity contribution in [2.45, 2.75) is 45.1 Å². The molecule has 1 fully saturated rings. The van der Waals surface area contributed by atoms with Gasteiger partial charge in [-0.25, -0.2) is 4.79 Å². The highest BCUT2D eigenvalue weighted by Gasteiger charge is 2.43. The van der Waals surface area contributed by atoms with Crippen molar-refractivity contribution < 1.29 is 14.4 Å². The molecular formula is C20H21N3O3S. The van der Waals surface area contributed by atoms with Gasteiger partial charge in [-0.3, -0.25) is 14.9 Å². The zero-order valence-corrected chi connectivity index (χ0v) is 16.1. The lowest BCUT2D eigenvalue weighted by molar-refractivity contribution is -0.123. The Bertz CT molecular complexity index is 965. The Kier molecular flexibility index (Phi) is 4.26. The number of thiophene rings is 1. The van der Waals surface area contributed by atoms with E-state index in [4.69, 9.17) is 0 Å². The lowest BCUT2D eigenvalue weighted by Crippen LogP contribution is -2.40. The highest BCUT2D eigenvalue weighted by atomic mass is 32.1. The van der Waals surface area contributed by atoms with Crippen molar-refractivity contribution in [1.82, 2.24) is 10.6 Å². The zero-order chi connectivity index (χ0) is 19.2. The minimum absolute atomic E-state index is 0.216. The van der Waals surface area contributed by atoms with Gasteiger partial charge in [-0.15, -0.1) is 11.3 Å². The van der Waals surface area contributed by atoms with Gasteiger partial charge in [-0.1, -0.05) is 12.1 Å². The van der Waals surface area contributed by atoms with Crippen LogP contribution >= 0.6 is 11.3 Å². The summed E-state index contributed by atoms with van der Waals surface area (Å²) in [6, 6.07) is 6.29. The number of hydrogen-bond acceptors (Lipinski definition) is 4. The summed E-state index contributed by atoms with van der Waals surface area (Å²) in [7, 11) is 0. The van der Waals surface area contributed by atoms with Crippen LogP contribution < -0.4 is 16.0 Å². The summed E-state index contributed by atoms with van der Waals surface area (Å²) >= 11 is 1.66. The second-order valence-corrected chi connectivity index (χ2v) is 8.34. The Morgan fingerprint density at radius 3 is 2.70 bits per heavy atom. The van der Waals surface area contributed by atoms with Gasteiger partial charge in [0.1, 0.15) is 5.54 Å². The van der Waals surface area contributed by atoms with Crippen molar-refractivity contribution >= 4 is 34.2 Å². The fourth-order valence-corrected chi connectivity index (χ4v) is 5.03. The number of hydrogen-bond donors (Lipinski definition) is 3. The van der Waals surface area contributed by atoms with Gasteiger partial charge in [0, 0.05) is 10.4 Å². The molecular weight excluding hydrogens is 362 g/mol. The number of carbonyl (C=O) groups is 3. The summed E-state index contributed by atoms with van der Waals surface area (Å²) < 4.78 is 0. The summed E-state index contributed by atoms with van der Waals surface area (Å²) in [5, 5.41) is 8.79. The number of benzene rings is 1. The molecule has 0 spiro atoms. The molecule has 0 unspecified atom stereocenters. The Labute approximate surface area is 161 Å². The predicted molar refractivity (Wildman–Crippen MR) is 104 cm³/mol. The molecule has 0 bridgehead atoms. The molecule has 7 heteroatoms. The van der Waals surface area contributed by atoms with E-state index >= 15 is 0 Å². The van der Waals surface area contributed by atoms with Crippen LogP contribution in [0.25, 0.3) is 0 Å². The summed E-state index contributed by atoms with van der Waals surface area (Å²) in [6.45, 7) is 3.69. The van der Waals surface area contributed by atoms with Crippen molar-refractivity contribution in [2.24, 2.45) is 0 Å². The molecule has 0 saturated carbocycles. The average molecular weight is 383 g/mol. The third-order valence-corrected chi connectivity index (χ3v) is 6.72. The highest BCUT2D eigenvalue weighted by Crippen LogP contribution is 2.37. The molecule has 2 aromatic rings. The molecule has 2 aliphatic rings. The van der Waals surface area contributed by atoms with Crippen LogP contribution in [0, 0.1) is 6.92 Å². The number of aryl methyl sites for hydroxylation is 1. The Hall–Kier alpha value is -2.67. The largest absolute Gasteiger partial charge is 0.322 e. The van der Waals surface area contributed by atoms with Crippen LogP contribution in [0.4, 0.5) is 9.80 Å². The van der Waals surface area contributed by atoms with Crippen LogP contribution in [0.3, 0.4) is 0 Å². The van der Waals surface area contributed by atoms with E-state index in [0.717, 1.165) is 23.4 Å². The standard InChI is InChI=1S/C20H21N3O3S/c1-11-14-8-3-4-9-15(14)27-17(11)21-16(24)12-6-5-7-13(10-12)20(2)18(25)22-19(26)23-20/h5-7,10H,3-4,8-9H2,1-2H3,(H,21,24)(H2,22,23,25,26)/t20-/m1/s1. The molecule has 6 nitrogen and oxygen atoms in total. The molecule has 140 valence electrons. The van der Waals surface area contributed by atoms with Crippen molar-refractivity contribution in [3.63, 3.8) is 0 Å². The Morgan fingerprint density at radius 2 is 2.00 bits per heavy atom. The smallest absolute Gasteiger partial charge is 0.320 e. The number of amides is 4. The monoisotopic (exact) mass is 383 g/mol. The SMILES string of the molecule is Cc1c(NC(=O)c2cccc([C@@]3(C)NC(=O)NC3=O)c2)sc2c1CCCC2. The van der Waals surface area contributed by atoms with E-state index in [9.17, 15) is 14.4 Å². The first-order chi connectivity index (χ1) is 12.9. The molecule has 3 N–H and O–H groups in total. The predicted octanol–water partition coefficient (Wildman–Crippen LogP) is 3.24.